The number of amides is 1. The Balaban J connectivity index is 1.90. The number of aromatic nitrogens is 1. The number of halogens is 4. The van der Waals surface area contributed by atoms with Crippen LogP contribution in [-0.4, -0.2) is 17.5 Å². The number of hydrogen-bond donors (Lipinski definition) is 1. The molecule has 3 rings (SSSR count). The van der Waals surface area contributed by atoms with Crippen molar-refractivity contribution in [3.8, 4) is 5.75 Å². The van der Waals surface area contributed by atoms with E-state index in [2.05, 4.69) is 10.3 Å². The summed E-state index contributed by atoms with van der Waals surface area (Å²) in [5.74, 6) is -7.97. The molecule has 0 aliphatic rings. The summed E-state index contributed by atoms with van der Waals surface area (Å²) >= 11 is 1.07. The Morgan fingerprint density at radius 3 is 2.64 bits per heavy atom. The van der Waals surface area contributed by atoms with Gasteiger partial charge in [0.1, 0.15) is 5.75 Å². The van der Waals surface area contributed by atoms with Gasteiger partial charge in [-0.2, -0.15) is 0 Å². The molecule has 4 nitrogen and oxygen atoms in total. The number of nitrogens with one attached hydrogen (secondary N) is 1. The van der Waals surface area contributed by atoms with Crippen molar-refractivity contribution in [3.05, 3.63) is 53.1 Å². The summed E-state index contributed by atoms with van der Waals surface area (Å²) in [6.07, 6.45) is 0. The van der Waals surface area contributed by atoms with Gasteiger partial charge in [-0.05, 0) is 31.2 Å². The molecule has 1 amide bonds. The SMILES string of the molecule is CCOc1ccc2nc(NC(=O)c3cc(F)c(F)c(F)c3F)sc2c1. The smallest absolute Gasteiger partial charge is 0.260 e. The quantitative estimate of drug-likeness (QED) is 0.418. The number of nitrogens with zero attached hydrogens (tertiary/aromatic N) is 1. The summed E-state index contributed by atoms with van der Waals surface area (Å²) in [6, 6.07) is 5.37. The van der Waals surface area contributed by atoms with Gasteiger partial charge in [0, 0.05) is 0 Å². The van der Waals surface area contributed by atoms with Crippen LogP contribution < -0.4 is 10.1 Å². The van der Waals surface area contributed by atoms with Crippen LogP contribution in [0, 0.1) is 23.3 Å². The fourth-order valence-corrected chi connectivity index (χ4v) is 3.01. The van der Waals surface area contributed by atoms with E-state index >= 15 is 0 Å². The van der Waals surface area contributed by atoms with Gasteiger partial charge in [-0.15, -0.1) is 0 Å². The van der Waals surface area contributed by atoms with Gasteiger partial charge in [-0.3, -0.25) is 10.1 Å². The third kappa shape index (κ3) is 3.27. The third-order valence-electron chi connectivity index (χ3n) is 3.24. The molecule has 1 heterocycles. The maximum Gasteiger partial charge on any atom is 0.260 e. The molecule has 0 atom stereocenters. The first-order valence-corrected chi connectivity index (χ1v) is 7.90. The van der Waals surface area contributed by atoms with Crippen molar-refractivity contribution in [3.63, 3.8) is 0 Å². The van der Waals surface area contributed by atoms with E-state index in [9.17, 15) is 22.4 Å². The van der Waals surface area contributed by atoms with Crippen molar-refractivity contribution in [1.82, 2.24) is 4.98 Å². The molecule has 0 bridgehead atoms. The zero-order valence-electron chi connectivity index (χ0n) is 12.7. The van der Waals surface area contributed by atoms with E-state index in [4.69, 9.17) is 4.74 Å². The molecular weight excluding hydrogens is 360 g/mol. The number of fused-ring (bicyclic) bond motifs is 1. The average molecular weight is 370 g/mol. The number of ether oxygens (including phenoxy) is 1. The molecule has 0 fully saturated rings. The molecule has 0 spiro atoms. The highest BCUT2D eigenvalue weighted by Gasteiger charge is 2.23. The maximum absolute atomic E-state index is 13.7. The van der Waals surface area contributed by atoms with Crippen molar-refractivity contribution in [2.24, 2.45) is 0 Å². The number of thiazole rings is 1. The fourth-order valence-electron chi connectivity index (χ4n) is 2.12. The highest BCUT2D eigenvalue weighted by molar-refractivity contribution is 7.22. The number of hydrogen-bond acceptors (Lipinski definition) is 4. The van der Waals surface area contributed by atoms with E-state index < -0.39 is 34.7 Å². The summed E-state index contributed by atoms with van der Waals surface area (Å²) in [6.45, 7) is 2.31. The van der Waals surface area contributed by atoms with Gasteiger partial charge in [0.25, 0.3) is 5.91 Å². The Labute approximate surface area is 143 Å². The number of carbonyl (C=O) groups is 1. The van der Waals surface area contributed by atoms with Gasteiger partial charge < -0.3 is 4.74 Å². The summed E-state index contributed by atoms with van der Waals surface area (Å²) in [4.78, 5) is 16.2. The highest BCUT2D eigenvalue weighted by Crippen LogP contribution is 2.30. The van der Waals surface area contributed by atoms with Gasteiger partial charge >= 0.3 is 0 Å². The third-order valence-corrected chi connectivity index (χ3v) is 4.17. The fraction of sp³-hybridized carbons (Fsp3) is 0.125. The van der Waals surface area contributed by atoms with E-state index in [-0.39, 0.29) is 5.13 Å². The van der Waals surface area contributed by atoms with E-state index in [0.717, 1.165) is 11.3 Å². The minimum absolute atomic E-state index is 0.0955. The molecule has 3 aromatic rings. The molecule has 0 aliphatic heterocycles. The van der Waals surface area contributed by atoms with Gasteiger partial charge in [-0.25, -0.2) is 22.5 Å². The van der Waals surface area contributed by atoms with Gasteiger partial charge in [0.15, 0.2) is 28.4 Å². The molecule has 25 heavy (non-hydrogen) atoms. The van der Waals surface area contributed by atoms with Crippen molar-refractivity contribution in [2.75, 3.05) is 11.9 Å². The van der Waals surface area contributed by atoms with E-state index in [0.29, 0.717) is 28.6 Å². The summed E-state index contributed by atoms with van der Waals surface area (Å²) in [5, 5.41) is 2.34. The van der Waals surface area contributed by atoms with Crippen LogP contribution in [0.1, 0.15) is 17.3 Å². The largest absolute Gasteiger partial charge is 0.494 e. The lowest BCUT2D eigenvalue weighted by Crippen LogP contribution is -2.16. The van der Waals surface area contributed by atoms with E-state index in [1.54, 1.807) is 18.2 Å². The standard InChI is InChI=1S/C16H10F4N2O2S/c1-2-24-7-3-4-10-11(5-7)25-16(21-10)22-15(23)8-6-9(17)13(19)14(20)12(8)18/h3-6H,2H2,1H3,(H,21,22,23). The lowest BCUT2D eigenvalue weighted by Gasteiger charge is -2.05. The van der Waals surface area contributed by atoms with Crippen molar-refractivity contribution < 1.29 is 27.1 Å². The normalized spacial score (nSPS) is 10.9. The highest BCUT2D eigenvalue weighted by atomic mass is 32.1. The number of rotatable bonds is 4. The van der Waals surface area contributed by atoms with Crippen molar-refractivity contribution >= 4 is 32.6 Å². The molecule has 0 saturated heterocycles. The molecular formula is C16H10F4N2O2S. The lowest BCUT2D eigenvalue weighted by molar-refractivity contribution is 0.102. The summed E-state index contributed by atoms with van der Waals surface area (Å²) < 4.78 is 59.1. The summed E-state index contributed by atoms with van der Waals surface area (Å²) in [7, 11) is 0. The van der Waals surface area contributed by atoms with Crippen molar-refractivity contribution in [2.45, 2.75) is 6.92 Å². The molecule has 0 aliphatic carbocycles. The monoisotopic (exact) mass is 370 g/mol. The Bertz CT molecular complexity index is 974. The van der Waals surface area contributed by atoms with Crippen LogP contribution in [0.25, 0.3) is 10.2 Å². The number of benzene rings is 2. The van der Waals surface area contributed by atoms with Crippen LogP contribution in [0.4, 0.5) is 22.7 Å². The Hall–Kier alpha value is -2.68. The molecule has 0 unspecified atom stereocenters. The van der Waals surface area contributed by atoms with E-state index in [1.165, 1.54) is 0 Å². The molecule has 0 saturated carbocycles. The number of anilines is 1. The maximum atomic E-state index is 13.7. The Morgan fingerprint density at radius 2 is 1.92 bits per heavy atom. The first-order valence-electron chi connectivity index (χ1n) is 7.08. The minimum Gasteiger partial charge on any atom is -0.494 e. The van der Waals surface area contributed by atoms with Crippen LogP contribution >= 0.6 is 11.3 Å². The van der Waals surface area contributed by atoms with E-state index in [1.807, 2.05) is 6.92 Å². The Kier molecular flexibility index (Phi) is 4.58. The molecule has 9 heteroatoms. The van der Waals surface area contributed by atoms with Gasteiger partial charge in [-0.1, -0.05) is 11.3 Å². The Morgan fingerprint density at radius 1 is 1.16 bits per heavy atom. The van der Waals surface area contributed by atoms with Crippen LogP contribution in [0.5, 0.6) is 5.75 Å². The topological polar surface area (TPSA) is 51.2 Å². The minimum atomic E-state index is -2.05. The molecule has 2 aromatic carbocycles. The summed E-state index contributed by atoms with van der Waals surface area (Å²) in [5.41, 5.74) is -0.397. The van der Waals surface area contributed by atoms with Crippen LogP contribution in [0.3, 0.4) is 0 Å². The van der Waals surface area contributed by atoms with Crippen LogP contribution in [-0.2, 0) is 0 Å². The molecule has 0 radical (unpaired) electrons. The first-order chi connectivity index (χ1) is 11.9. The van der Waals surface area contributed by atoms with Crippen molar-refractivity contribution in [1.29, 1.82) is 0 Å². The molecule has 1 N–H and O–H groups in total. The lowest BCUT2D eigenvalue weighted by atomic mass is 10.1. The zero-order chi connectivity index (χ0) is 18.1. The molecule has 1 aromatic heterocycles. The number of carbonyl (C=O) groups excluding carboxylic acids is 1. The van der Waals surface area contributed by atoms with Crippen LogP contribution in [0.15, 0.2) is 24.3 Å². The van der Waals surface area contributed by atoms with Crippen LogP contribution in [0.2, 0.25) is 0 Å². The second kappa shape index (κ2) is 6.67. The predicted molar refractivity (Wildman–Crippen MR) is 85.0 cm³/mol. The zero-order valence-corrected chi connectivity index (χ0v) is 13.5. The second-order valence-electron chi connectivity index (χ2n) is 4.88. The molecule has 130 valence electrons. The second-order valence-corrected chi connectivity index (χ2v) is 5.91. The predicted octanol–water partition coefficient (Wildman–Crippen LogP) is 4.50. The average Bonchev–Trinajstić information content (AvgIpc) is 2.97. The van der Waals surface area contributed by atoms with Gasteiger partial charge in [0.2, 0.25) is 0 Å². The first kappa shape index (κ1) is 17.2. The van der Waals surface area contributed by atoms with Gasteiger partial charge in [0.05, 0.1) is 22.4 Å².